The van der Waals surface area contributed by atoms with Crippen LogP contribution in [-0.4, -0.2) is 32.3 Å². The fourth-order valence-corrected chi connectivity index (χ4v) is 4.50. The largest absolute Gasteiger partial charge is 0.495 e. The molecule has 1 atom stereocenters. The number of hydrogen-bond acceptors (Lipinski definition) is 5. The summed E-state index contributed by atoms with van der Waals surface area (Å²) in [4.78, 5) is 33.3. The summed E-state index contributed by atoms with van der Waals surface area (Å²) >= 11 is 0. The van der Waals surface area contributed by atoms with E-state index in [9.17, 15) is 14.0 Å². The summed E-state index contributed by atoms with van der Waals surface area (Å²) < 4.78 is 24.1. The van der Waals surface area contributed by atoms with Gasteiger partial charge >= 0.3 is 5.69 Å². The van der Waals surface area contributed by atoms with Gasteiger partial charge in [0.05, 0.1) is 19.3 Å². The monoisotopic (exact) mass is 449 g/mol. The topological polar surface area (TPSA) is 74.3 Å². The number of fused-ring (bicyclic) bond motifs is 3. The third kappa shape index (κ3) is 3.31. The van der Waals surface area contributed by atoms with E-state index in [1.165, 1.54) is 10.6 Å². The summed E-state index contributed by atoms with van der Waals surface area (Å²) in [5.74, 6) is 1.01. The fraction of sp³-hybridized carbons (Fsp3) is 0.292. The van der Waals surface area contributed by atoms with Crippen molar-refractivity contribution in [3.63, 3.8) is 0 Å². The van der Waals surface area contributed by atoms with Crippen LogP contribution in [0.25, 0.3) is 11.2 Å². The number of aromatic nitrogens is 4. The zero-order valence-electron chi connectivity index (χ0n) is 18.7. The Morgan fingerprint density at radius 1 is 1.09 bits per heavy atom. The van der Waals surface area contributed by atoms with E-state index in [0.717, 1.165) is 10.3 Å². The lowest BCUT2D eigenvalue weighted by Crippen LogP contribution is -2.40. The SMILES string of the molecule is COc1ccccc1N1C[C@H](C)Cn2c1nc1c2c(=O)n(Cc2ccccc2F)c(=O)n1C. The van der Waals surface area contributed by atoms with Gasteiger partial charge in [-0.1, -0.05) is 37.3 Å². The number of hydrogen-bond donors (Lipinski definition) is 0. The quantitative estimate of drug-likeness (QED) is 0.479. The average molecular weight is 449 g/mol. The standard InChI is InChI=1S/C24H24FN5O3/c1-15-12-28(18-10-6-7-11-19(18)33-3)23-26-21-20(29(23)13-15)22(31)30(24(32)27(21)2)14-16-8-4-5-9-17(16)25/h4-11,15H,12-14H2,1-3H3/t15-/m0/s1. The molecule has 5 rings (SSSR count). The highest BCUT2D eigenvalue weighted by molar-refractivity contribution is 5.78. The molecule has 0 N–H and O–H groups in total. The maximum atomic E-state index is 14.3. The van der Waals surface area contributed by atoms with Gasteiger partial charge in [0.1, 0.15) is 11.6 Å². The van der Waals surface area contributed by atoms with Crippen molar-refractivity contribution >= 4 is 22.8 Å². The Morgan fingerprint density at radius 2 is 1.82 bits per heavy atom. The van der Waals surface area contributed by atoms with Crippen LogP contribution in [0.5, 0.6) is 5.75 Å². The van der Waals surface area contributed by atoms with Gasteiger partial charge in [-0.3, -0.25) is 13.9 Å². The van der Waals surface area contributed by atoms with Crippen molar-refractivity contribution in [1.29, 1.82) is 0 Å². The van der Waals surface area contributed by atoms with E-state index in [1.807, 2.05) is 33.7 Å². The van der Waals surface area contributed by atoms with Crippen molar-refractivity contribution in [2.45, 2.75) is 20.0 Å². The second-order valence-electron chi connectivity index (χ2n) is 8.41. The first-order chi connectivity index (χ1) is 15.9. The number of ether oxygens (including phenoxy) is 1. The van der Waals surface area contributed by atoms with Gasteiger partial charge in [-0.05, 0) is 24.1 Å². The molecule has 9 heteroatoms. The molecule has 1 aliphatic heterocycles. The number of aryl methyl sites for hydroxylation is 1. The number of halogens is 1. The van der Waals surface area contributed by atoms with E-state index in [0.29, 0.717) is 36.0 Å². The minimum absolute atomic E-state index is 0.152. The molecule has 0 bridgehead atoms. The molecule has 170 valence electrons. The molecule has 0 aliphatic carbocycles. The van der Waals surface area contributed by atoms with Crippen LogP contribution in [-0.2, 0) is 20.1 Å². The molecule has 0 fully saturated rings. The van der Waals surface area contributed by atoms with Crippen molar-refractivity contribution < 1.29 is 9.13 Å². The summed E-state index contributed by atoms with van der Waals surface area (Å²) in [6.45, 7) is 3.20. The Balaban J connectivity index is 1.74. The molecule has 0 spiro atoms. The van der Waals surface area contributed by atoms with Gasteiger partial charge in [0, 0.05) is 25.7 Å². The lowest BCUT2D eigenvalue weighted by atomic mass is 10.1. The summed E-state index contributed by atoms with van der Waals surface area (Å²) in [5.41, 5.74) is 0.721. The maximum Gasteiger partial charge on any atom is 0.332 e. The van der Waals surface area contributed by atoms with Crippen LogP contribution in [0.4, 0.5) is 16.0 Å². The second-order valence-corrected chi connectivity index (χ2v) is 8.41. The fourth-order valence-electron chi connectivity index (χ4n) is 4.50. The predicted octanol–water partition coefficient (Wildman–Crippen LogP) is 2.88. The minimum Gasteiger partial charge on any atom is -0.495 e. The minimum atomic E-state index is -0.539. The molecule has 0 radical (unpaired) electrons. The van der Waals surface area contributed by atoms with E-state index in [2.05, 4.69) is 6.92 Å². The number of rotatable bonds is 4. The zero-order chi connectivity index (χ0) is 23.3. The maximum absolute atomic E-state index is 14.3. The molecule has 0 amide bonds. The van der Waals surface area contributed by atoms with Crippen LogP contribution in [0.15, 0.2) is 58.1 Å². The molecule has 2 aromatic heterocycles. The summed E-state index contributed by atoms with van der Waals surface area (Å²) in [7, 11) is 3.19. The highest BCUT2D eigenvalue weighted by Gasteiger charge is 2.31. The van der Waals surface area contributed by atoms with E-state index < -0.39 is 17.1 Å². The first-order valence-electron chi connectivity index (χ1n) is 10.7. The summed E-state index contributed by atoms with van der Waals surface area (Å²) in [5, 5.41) is 0. The van der Waals surface area contributed by atoms with Crippen molar-refractivity contribution in [1.82, 2.24) is 18.7 Å². The zero-order valence-corrected chi connectivity index (χ0v) is 18.7. The third-order valence-electron chi connectivity index (χ3n) is 6.10. The molecule has 0 saturated heterocycles. The normalized spacial score (nSPS) is 15.6. The van der Waals surface area contributed by atoms with Crippen molar-refractivity contribution in [3.05, 3.63) is 80.7 Å². The first-order valence-corrected chi connectivity index (χ1v) is 10.7. The molecular weight excluding hydrogens is 425 g/mol. The number of para-hydroxylation sites is 2. The molecule has 33 heavy (non-hydrogen) atoms. The molecule has 1 aliphatic rings. The summed E-state index contributed by atoms with van der Waals surface area (Å²) in [6.07, 6.45) is 0. The Hall–Kier alpha value is -3.88. The van der Waals surface area contributed by atoms with Gasteiger partial charge in [0.25, 0.3) is 5.56 Å². The lowest BCUT2D eigenvalue weighted by molar-refractivity contribution is 0.409. The molecule has 3 heterocycles. The average Bonchev–Trinajstić information content (AvgIpc) is 3.20. The molecule has 4 aromatic rings. The van der Waals surface area contributed by atoms with Gasteiger partial charge in [0.2, 0.25) is 5.95 Å². The highest BCUT2D eigenvalue weighted by Crippen LogP contribution is 2.37. The molecular formula is C24H24FN5O3. The second kappa shape index (κ2) is 7.91. The number of anilines is 2. The van der Waals surface area contributed by atoms with Gasteiger partial charge in [0.15, 0.2) is 11.2 Å². The summed E-state index contributed by atoms with van der Waals surface area (Å²) in [6, 6.07) is 13.8. The highest BCUT2D eigenvalue weighted by atomic mass is 19.1. The number of imidazole rings is 1. The number of benzene rings is 2. The first kappa shape index (κ1) is 21.0. The smallest absolute Gasteiger partial charge is 0.332 e. The van der Waals surface area contributed by atoms with Crippen LogP contribution in [0.2, 0.25) is 0 Å². The van der Waals surface area contributed by atoms with Gasteiger partial charge in [-0.25, -0.2) is 9.18 Å². The van der Waals surface area contributed by atoms with Crippen LogP contribution in [0.1, 0.15) is 12.5 Å². The Labute approximate surface area is 189 Å². The Bertz CT molecular complexity index is 1490. The van der Waals surface area contributed by atoms with Crippen molar-refractivity contribution in [3.8, 4) is 5.75 Å². The van der Waals surface area contributed by atoms with E-state index in [-0.39, 0.29) is 18.0 Å². The van der Waals surface area contributed by atoms with Crippen LogP contribution < -0.4 is 20.9 Å². The van der Waals surface area contributed by atoms with E-state index >= 15 is 0 Å². The van der Waals surface area contributed by atoms with Crippen LogP contribution >= 0.6 is 0 Å². The van der Waals surface area contributed by atoms with Crippen LogP contribution in [0.3, 0.4) is 0 Å². The molecule has 0 saturated carbocycles. The predicted molar refractivity (Wildman–Crippen MR) is 124 cm³/mol. The molecule has 0 unspecified atom stereocenters. The van der Waals surface area contributed by atoms with E-state index in [4.69, 9.17) is 9.72 Å². The number of nitrogens with zero attached hydrogens (tertiary/aromatic N) is 5. The van der Waals surface area contributed by atoms with Gasteiger partial charge in [-0.15, -0.1) is 0 Å². The Kier molecular flexibility index (Phi) is 5.03. The van der Waals surface area contributed by atoms with Crippen molar-refractivity contribution in [2.24, 2.45) is 13.0 Å². The van der Waals surface area contributed by atoms with Gasteiger partial charge < -0.3 is 14.2 Å². The van der Waals surface area contributed by atoms with E-state index in [1.54, 1.807) is 32.4 Å². The lowest BCUT2D eigenvalue weighted by Gasteiger charge is -2.33. The van der Waals surface area contributed by atoms with Crippen molar-refractivity contribution in [2.75, 3.05) is 18.6 Å². The third-order valence-corrected chi connectivity index (χ3v) is 6.10. The molecule has 8 nitrogen and oxygen atoms in total. The Morgan fingerprint density at radius 3 is 2.58 bits per heavy atom. The van der Waals surface area contributed by atoms with Crippen LogP contribution in [0, 0.1) is 11.7 Å². The molecule has 2 aromatic carbocycles. The van der Waals surface area contributed by atoms with Gasteiger partial charge in [-0.2, -0.15) is 4.98 Å². The number of methoxy groups -OCH3 is 1.